The average Bonchev–Trinajstić information content (AvgIpc) is 2.55. The molecule has 0 saturated heterocycles. The second-order valence-electron chi connectivity index (χ2n) is 6.31. The Bertz CT molecular complexity index is 956. The number of ether oxygens (including phenoxy) is 1. The van der Waals surface area contributed by atoms with Gasteiger partial charge in [-0.05, 0) is 37.6 Å². The van der Waals surface area contributed by atoms with Gasteiger partial charge in [0.25, 0.3) is 17.4 Å². The van der Waals surface area contributed by atoms with Crippen molar-refractivity contribution >= 4 is 17.5 Å². The maximum Gasteiger partial charge on any atom is 0.291 e. The van der Waals surface area contributed by atoms with Gasteiger partial charge in [-0.3, -0.25) is 9.59 Å². The van der Waals surface area contributed by atoms with E-state index in [1.807, 2.05) is 0 Å². The molecule has 0 spiro atoms. The number of nitrogens with zero attached hydrogens (tertiary/aromatic N) is 1. The number of hydrogen-bond donors (Lipinski definition) is 1. The standard InChI is InChI=1S/C18H17ClF2N2O3/c1-9-6-10(2)22-16(24)11(9)7-23-8-18(20,21)12-4-5-13(26-3)15(19)14(12)17(23)25/h4-6H,7-8H2,1-3H3,(H,22,24). The van der Waals surface area contributed by atoms with E-state index in [4.69, 9.17) is 16.3 Å². The van der Waals surface area contributed by atoms with Crippen LogP contribution in [-0.2, 0) is 12.5 Å². The van der Waals surface area contributed by atoms with Gasteiger partial charge in [0.1, 0.15) is 5.75 Å². The van der Waals surface area contributed by atoms with Crippen LogP contribution in [0.3, 0.4) is 0 Å². The summed E-state index contributed by atoms with van der Waals surface area (Å²) in [5.74, 6) is -3.81. The third kappa shape index (κ3) is 2.96. The highest BCUT2D eigenvalue weighted by Crippen LogP contribution is 2.42. The predicted molar refractivity (Wildman–Crippen MR) is 93.2 cm³/mol. The van der Waals surface area contributed by atoms with E-state index >= 15 is 0 Å². The van der Waals surface area contributed by atoms with Gasteiger partial charge in [-0.25, -0.2) is 0 Å². The minimum atomic E-state index is -3.29. The van der Waals surface area contributed by atoms with Crippen molar-refractivity contribution < 1.29 is 18.3 Å². The van der Waals surface area contributed by atoms with Crippen LogP contribution in [0.5, 0.6) is 5.75 Å². The Labute approximate surface area is 153 Å². The van der Waals surface area contributed by atoms with Crippen LogP contribution in [0.25, 0.3) is 0 Å². The highest BCUT2D eigenvalue weighted by Gasteiger charge is 2.45. The molecular weight excluding hydrogens is 366 g/mol. The number of aromatic amines is 1. The molecule has 0 unspecified atom stereocenters. The average molecular weight is 383 g/mol. The quantitative estimate of drug-likeness (QED) is 0.885. The first-order chi connectivity index (χ1) is 12.2. The molecule has 5 nitrogen and oxygen atoms in total. The molecule has 1 aromatic heterocycles. The fourth-order valence-corrected chi connectivity index (χ4v) is 3.50. The number of nitrogens with one attached hydrogen (secondary N) is 1. The molecule has 0 radical (unpaired) electrons. The summed E-state index contributed by atoms with van der Waals surface area (Å²) in [6.45, 7) is 2.37. The van der Waals surface area contributed by atoms with Crippen molar-refractivity contribution in [2.75, 3.05) is 13.7 Å². The van der Waals surface area contributed by atoms with Gasteiger partial charge in [0.05, 0.1) is 30.8 Å². The Morgan fingerprint density at radius 3 is 2.62 bits per heavy atom. The van der Waals surface area contributed by atoms with Gasteiger partial charge >= 0.3 is 0 Å². The second kappa shape index (κ2) is 6.39. The molecule has 0 bridgehead atoms. The van der Waals surface area contributed by atoms with Crippen LogP contribution >= 0.6 is 11.6 Å². The van der Waals surface area contributed by atoms with Gasteiger partial charge < -0.3 is 14.6 Å². The number of carbonyl (C=O) groups is 1. The van der Waals surface area contributed by atoms with E-state index in [0.29, 0.717) is 11.3 Å². The number of halogens is 3. The topological polar surface area (TPSA) is 62.4 Å². The number of pyridine rings is 1. The summed E-state index contributed by atoms with van der Waals surface area (Å²) in [5.41, 5.74) is 0.431. The van der Waals surface area contributed by atoms with Gasteiger partial charge in [0, 0.05) is 16.8 Å². The Balaban J connectivity index is 2.08. The summed E-state index contributed by atoms with van der Waals surface area (Å²) in [6.07, 6.45) is 0. The molecule has 0 aliphatic carbocycles. The summed E-state index contributed by atoms with van der Waals surface area (Å²) in [6, 6.07) is 4.19. The largest absolute Gasteiger partial charge is 0.495 e. The number of benzene rings is 1. The van der Waals surface area contributed by atoms with Crippen LogP contribution in [0.2, 0.25) is 5.02 Å². The van der Waals surface area contributed by atoms with E-state index in [2.05, 4.69) is 4.98 Å². The van der Waals surface area contributed by atoms with Crippen LogP contribution in [-0.4, -0.2) is 29.4 Å². The second-order valence-corrected chi connectivity index (χ2v) is 6.69. The highest BCUT2D eigenvalue weighted by atomic mass is 35.5. The molecule has 0 saturated carbocycles. The molecule has 1 amide bonds. The van der Waals surface area contributed by atoms with E-state index < -0.39 is 29.5 Å². The smallest absolute Gasteiger partial charge is 0.291 e. The Hall–Kier alpha value is -2.41. The molecule has 1 N–H and O–H groups in total. The fraction of sp³-hybridized carbons (Fsp3) is 0.333. The lowest BCUT2D eigenvalue weighted by atomic mass is 9.94. The van der Waals surface area contributed by atoms with Crippen LogP contribution in [0.1, 0.15) is 32.7 Å². The third-order valence-electron chi connectivity index (χ3n) is 4.45. The first-order valence-electron chi connectivity index (χ1n) is 7.89. The summed E-state index contributed by atoms with van der Waals surface area (Å²) >= 11 is 6.13. The molecule has 0 fully saturated rings. The zero-order valence-electron chi connectivity index (χ0n) is 14.5. The van der Waals surface area contributed by atoms with Crippen molar-refractivity contribution in [3.05, 3.63) is 61.5 Å². The minimum absolute atomic E-state index is 0.140. The van der Waals surface area contributed by atoms with Crippen LogP contribution < -0.4 is 10.3 Å². The first kappa shape index (κ1) is 18.4. The number of hydrogen-bond acceptors (Lipinski definition) is 3. The first-order valence-corrected chi connectivity index (χ1v) is 8.27. The number of aryl methyl sites for hydroxylation is 2. The highest BCUT2D eigenvalue weighted by molar-refractivity contribution is 6.35. The molecule has 1 aliphatic heterocycles. The summed E-state index contributed by atoms with van der Waals surface area (Å²) in [7, 11) is 1.34. The van der Waals surface area contributed by atoms with Gasteiger partial charge in [-0.1, -0.05) is 11.6 Å². The minimum Gasteiger partial charge on any atom is -0.495 e. The van der Waals surface area contributed by atoms with Crippen molar-refractivity contribution in [3.8, 4) is 5.75 Å². The number of aromatic nitrogens is 1. The van der Waals surface area contributed by atoms with E-state index in [1.54, 1.807) is 19.9 Å². The van der Waals surface area contributed by atoms with Crippen LogP contribution in [0.15, 0.2) is 23.0 Å². The lowest BCUT2D eigenvalue weighted by molar-refractivity contribution is -0.0429. The molecule has 1 aromatic carbocycles. The number of alkyl halides is 2. The number of methoxy groups -OCH3 is 1. The number of amides is 1. The molecule has 138 valence electrons. The van der Waals surface area contributed by atoms with E-state index in [9.17, 15) is 18.4 Å². The SMILES string of the molecule is COc1ccc2c(c1Cl)C(=O)N(Cc1c(C)cc(C)[nH]c1=O)CC2(F)F. The zero-order valence-corrected chi connectivity index (χ0v) is 15.2. The summed E-state index contributed by atoms with van der Waals surface area (Å²) in [4.78, 5) is 28.6. The fourth-order valence-electron chi connectivity index (χ4n) is 3.18. The Morgan fingerprint density at radius 1 is 1.31 bits per heavy atom. The molecule has 3 rings (SSSR count). The molecule has 2 aromatic rings. The molecule has 0 atom stereocenters. The predicted octanol–water partition coefficient (Wildman–Crippen LogP) is 3.40. The zero-order chi connectivity index (χ0) is 19.2. The van der Waals surface area contributed by atoms with Crippen molar-refractivity contribution in [1.29, 1.82) is 0 Å². The normalized spacial score (nSPS) is 15.8. The van der Waals surface area contributed by atoms with E-state index in [1.165, 1.54) is 13.2 Å². The summed E-state index contributed by atoms with van der Waals surface area (Å²) < 4.78 is 34.3. The molecule has 2 heterocycles. The maximum atomic E-state index is 14.6. The summed E-state index contributed by atoms with van der Waals surface area (Å²) in [5, 5.41) is -0.158. The number of rotatable bonds is 3. The molecule has 26 heavy (non-hydrogen) atoms. The van der Waals surface area contributed by atoms with Crippen LogP contribution in [0, 0.1) is 13.8 Å². The number of carbonyl (C=O) groups excluding carboxylic acids is 1. The molecule has 1 aliphatic rings. The van der Waals surface area contributed by atoms with Gasteiger partial charge in [0.2, 0.25) is 0 Å². The van der Waals surface area contributed by atoms with Crippen molar-refractivity contribution in [1.82, 2.24) is 9.88 Å². The molecule has 8 heteroatoms. The van der Waals surface area contributed by atoms with E-state index in [-0.39, 0.29) is 28.4 Å². The van der Waals surface area contributed by atoms with Crippen molar-refractivity contribution in [2.24, 2.45) is 0 Å². The number of H-pyrrole nitrogens is 1. The lowest BCUT2D eigenvalue weighted by Crippen LogP contribution is -2.46. The van der Waals surface area contributed by atoms with Crippen molar-refractivity contribution in [2.45, 2.75) is 26.3 Å². The van der Waals surface area contributed by atoms with Gasteiger partial charge in [-0.2, -0.15) is 8.78 Å². The van der Waals surface area contributed by atoms with Crippen LogP contribution in [0.4, 0.5) is 8.78 Å². The lowest BCUT2D eigenvalue weighted by Gasteiger charge is -2.34. The molecular formula is C18H17ClF2N2O3. The van der Waals surface area contributed by atoms with Crippen molar-refractivity contribution in [3.63, 3.8) is 0 Å². The van der Waals surface area contributed by atoms with E-state index in [0.717, 1.165) is 11.0 Å². The van der Waals surface area contributed by atoms with Gasteiger partial charge in [-0.15, -0.1) is 0 Å². The Kier molecular flexibility index (Phi) is 4.52. The monoisotopic (exact) mass is 382 g/mol. The number of fused-ring (bicyclic) bond motifs is 1. The third-order valence-corrected chi connectivity index (χ3v) is 4.83. The Morgan fingerprint density at radius 2 is 2.00 bits per heavy atom. The van der Waals surface area contributed by atoms with Gasteiger partial charge in [0.15, 0.2) is 0 Å². The maximum absolute atomic E-state index is 14.6.